The largest absolute Gasteiger partial charge is 0.489 e. The summed E-state index contributed by atoms with van der Waals surface area (Å²) < 4.78 is 50.0. The topological polar surface area (TPSA) is 59.4 Å². The maximum absolute atomic E-state index is 13.5. The predicted molar refractivity (Wildman–Crippen MR) is 109 cm³/mol. The van der Waals surface area contributed by atoms with Crippen molar-refractivity contribution in [2.45, 2.75) is 26.1 Å². The van der Waals surface area contributed by atoms with Gasteiger partial charge in [-0.1, -0.05) is 42.8 Å². The smallest absolute Gasteiger partial charge is 0.427 e. The molecule has 0 radical (unpaired) electrons. The van der Waals surface area contributed by atoms with Gasteiger partial charge in [-0.15, -0.1) is 0 Å². The van der Waals surface area contributed by atoms with E-state index in [0.717, 1.165) is 5.56 Å². The lowest BCUT2D eigenvalue weighted by molar-refractivity contribution is -0.141. The van der Waals surface area contributed by atoms with Crippen molar-refractivity contribution >= 4 is 29.1 Å². The van der Waals surface area contributed by atoms with Crippen molar-refractivity contribution in [1.82, 2.24) is 4.37 Å². The van der Waals surface area contributed by atoms with Crippen molar-refractivity contribution in [1.29, 1.82) is 0 Å². The number of hydrogen-bond acceptors (Lipinski definition) is 4. The summed E-state index contributed by atoms with van der Waals surface area (Å²) in [6.45, 7) is 1.29. The third-order valence-electron chi connectivity index (χ3n) is 4.43. The molecular weight excluding hydrogens is 439 g/mol. The Labute approximate surface area is 180 Å². The number of alkyl halides is 3. The van der Waals surface area contributed by atoms with Crippen LogP contribution in [0.3, 0.4) is 0 Å². The maximum Gasteiger partial charge on any atom is 0.427 e. The van der Waals surface area contributed by atoms with Crippen molar-refractivity contribution in [3.05, 3.63) is 69.6 Å². The van der Waals surface area contributed by atoms with E-state index in [1.54, 1.807) is 55.5 Å². The van der Waals surface area contributed by atoms with Gasteiger partial charge in [-0.3, -0.25) is 4.79 Å². The van der Waals surface area contributed by atoms with Crippen LogP contribution in [-0.4, -0.2) is 15.4 Å². The molecule has 2 aromatic carbocycles. The summed E-state index contributed by atoms with van der Waals surface area (Å²) >= 11 is 6.25. The van der Waals surface area contributed by atoms with Gasteiger partial charge in [-0.25, -0.2) is 0 Å². The minimum absolute atomic E-state index is 0.0431. The van der Waals surface area contributed by atoms with Crippen LogP contribution in [0.15, 0.2) is 48.5 Å². The lowest BCUT2D eigenvalue weighted by Gasteiger charge is -2.12. The summed E-state index contributed by atoms with van der Waals surface area (Å²) in [6.07, 6.45) is -4.19. The summed E-state index contributed by atoms with van der Waals surface area (Å²) in [7, 11) is 0. The molecule has 4 nitrogen and oxygen atoms in total. The van der Waals surface area contributed by atoms with Crippen molar-refractivity contribution in [3.8, 4) is 17.0 Å². The number of hydrogen-bond donors (Lipinski definition) is 1. The van der Waals surface area contributed by atoms with Gasteiger partial charge in [0.25, 0.3) is 0 Å². The zero-order chi connectivity index (χ0) is 21.9. The number of aromatic nitrogens is 1. The van der Waals surface area contributed by atoms with Crippen LogP contribution in [0.1, 0.15) is 22.9 Å². The van der Waals surface area contributed by atoms with E-state index in [2.05, 4.69) is 4.37 Å². The standard InChI is InChI=1S/C21H17ClF3NO3S/c1-12(20(27)28)10-13-2-8-16(9-3-13)29-11-17-18(14-4-6-15(22)7-5-14)26-30-19(17)21(23,24)25/h2-9,12H,10-11H2,1H3,(H,27,28). The van der Waals surface area contributed by atoms with Gasteiger partial charge in [0.15, 0.2) is 0 Å². The van der Waals surface area contributed by atoms with E-state index in [0.29, 0.717) is 34.3 Å². The monoisotopic (exact) mass is 455 g/mol. The summed E-state index contributed by atoms with van der Waals surface area (Å²) in [6, 6.07) is 13.0. The first-order valence-corrected chi connectivity index (χ1v) is 10.1. The predicted octanol–water partition coefficient (Wildman–Crippen LogP) is 6.32. The van der Waals surface area contributed by atoms with Crippen molar-refractivity contribution in [2.75, 3.05) is 0 Å². The normalized spacial score (nSPS) is 12.6. The van der Waals surface area contributed by atoms with E-state index < -0.39 is 22.9 Å². The minimum Gasteiger partial charge on any atom is -0.489 e. The number of rotatable bonds is 7. The summed E-state index contributed by atoms with van der Waals surface area (Å²) in [5.41, 5.74) is 1.48. The number of ether oxygens (including phenoxy) is 1. The molecule has 0 aliphatic rings. The number of carbonyl (C=O) groups is 1. The Morgan fingerprint density at radius 2 is 1.80 bits per heavy atom. The molecule has 0 aliphatic heterocycles. The average molecular weight is 456 g/mol. The Bertz CT molecular complexity index is 1020. The first kappa shape index (κ1) is 22.1. The van der Waals surface area contributed by atoms with E-state index >= 15 is 0 Å². The molecule has 0 saturated heterocycles. The van der Waals surface area contributed by atoms with E-state index in [-0.39, 0.29) is 17.9 Å². The number of carboxylic acid groups (broad SMARTS) is 1. The lowest BCUT2D eigenvalue weighted by atomic mass is 10.0. The van der Waals surface area contributed by atoms with Gasteiger partial charge in [0.05, 0.1) is 11.6 Å². The van der Waals surface area contributed by atoms with Gasteiger partial charge >= 0.3 is 12.1 Å². The van der Waals surface area contributed by atoms with Gasteiger partial charge in [0.2, 0.25) is 0 Å². The number of aliphatic carboxylic acids is 1. The van der Waals surface area contributed by atoms with Crippen LogP contribution in [-0.2, 0) is 24.0 Å². The summed E-state index contributed by atoms with van der Waals surface area (Å²) in [5.74, 6) is -1.05. The second-order valence-corrected chi connectivity index (χ2v) is 7.93. The molecule has 1 aromatic heterocycles. The molecular formula is C21H17ClF3NO3S. The Kier molecular flexibility index (Phi) is 6.67. The second kappa shape index (κ2) is 9.06. The summed E-state index contributed by atoms with van der Waals surface area (Å²) in [4.78, 5) is 10.1. The van der Waals surface area contributed by atoms with Crippen LogP contribution in [0.5, 0.6) is 5.75 Å². The van der Waals surface area contributed by atoms with Crippen molar-refractivity contribution in [3.63, 3.8) is 0 Å². The molecule has 0 spiro atoms. The Balaban J connectivity index is 1.81. The highest BCUT2D eigenvalue weighted by molar-refractivity contribution is 7.06. The minimum atomic E-state index is -4.54. The molecule has 3 aromatic rings. The zero-order valence-corrected chi connectivity index (χ0v) is 17.3. The van der Waals surface area contributed by atoms with Gasteiger partial charge in [-0.2, -0.15) is 17.5 Å². The quantitative estimate of drug-likeness (QED) is 0.452. The number of benzene rings is 2. The SMILES string of the molecule is CC(Cc1ccc(OCc2c(-c3ccc(Cl)cc3)nsc2C(F)(F)F)cc1)C(=O)O. The highest BCUT2D eigenvalue weighted by Gasteiger charge is 2.38. The van der Waals surface area contributed by atoms with Crippen LogP contribution in [0.4, 0.5) is 13.2 Å². The van der Waals surface area contributed by atoms with Gasteiger partial charge in [-0.05, 0) is 47.8 Å². The lowest BCUT2D eigenvalue weighted by Crippen LogP contribution is -2.12. The molecule has 0 saturated carbocycles. The molecule has 30 heavy (non-hydrogen) atoms. The Morgan fingerprint density at radius 3 is 2.37 bits per heavy atom. The second-order valence-electron chi connectivity index (χ2n) is 6.72. The maximum atomic E-state index is 13.5. The van der Waals surface area contributed by atoms with E-state index in [1.807, 2.05) is 0 Å². The summed E-state index contributed by atoms with van der Waals surface area (Å²) in [5, 5.41) is 9.46. The van der Waals surface area contributed by atoms with Gasteiger partial charge in [0.1, 0.15) is 17.2 Å². The molecule has 0 fully saturated rings. The van der Waals surface area contributed by atoms with E-state index in [4.69, 9.17) is 21.4 Å². The molecule has 1 atom stereocenters. The molecule has 1 unspecified atom stereocenters. The van der Waals surface area contributed by atoms with Crippen molar-refractivity contribution < 1.29 is 27.8 Å². The number of carboxylic acids is 1. The molecule has 0 amide bonds. The Morgan fingerprint density at radius 1 is 1.17 bits per heavy atom. The van der Waals surface area contributed by atoms with Crippen molar-refractivity contribution in [2.24, 2.45) is 5.92 Å². The van der Waals surface area contributed by atoms with Crippen LogP contribution in [0.25, 0.3) is 11.3 Å². The highest BCUT2D eigenvalue weighted by atomic mass is 35.5. The molecule has 1 N–H and O–H groups in total. The van der Waals surface area contributed by atoms with Gasteiger partial charge < -0.3 is 9.84 Å². The molecule has 0 aliphatic carbocycles. The first-order valence-electron chi connectivity index (χ1n) is 8.91. The van der Waals surface area contributed by atoms with E-state index in [1.165, 1.54) is 0 Å². The van der Waals surface area contributed by atoms with Crippen LogP contribution in [0, 0.1) is 5.92 Å². The average Bonchev–Trinajstić information content (AvgIpc) is 3.12. The highest BCUT2D eigenvalue weighted by Crippen LogP contribution is 2.40. The van der Waals surface area contributed by atoms with E-state index in [9.17, 15) is 18.0 Å². The van der Waals surface area contributed by atoms with Crippen LogP contribution in [0.2, 0.25) is 5.02 Å². The molecule has 0 bridgehead atoms. The first-order chi connectivity index (χ1) is 14.1. The van der Waals surface area contributed by atoms with Crippen LogP contribution >= 0.6 is 23.1 Å². The fourth-order valence-electron chi connectivity index (χ4n) is 2.82. The Hall–Kier alpha value is -2.58. The molecule has 158 valence electrons. The molecule has 9 heteroatoms. The third kappa shape index (κ3) is 5.31. The zero-order valence-electron chi connectivity index (χ0n) is 15.7. The number of nitrogens with zero attached hydrogens (tertiary/aromatic N) is 1. The fraction of sp³-hybridized carbons (Fsp3) is 0.238. The van der Waals surface area contributed by atoms with Crippen LogP contribution < -0.4 is 4.74 Å². The number of halogens is 4. The molecule has 3 rings (SSSR count). The van der Waals surface area contributed by atoms with Gasteiger partial charge in [0, 0.05) is 16.1 Å². The third-order valence-corrected chi connectivity index (χ3v) is 5.62. The molecule has 1 heterocycles. The fourth-order valence-corrected chi connectivity index (χ4v) is 3.71.